The van der Waals surface area contributed by atoms with E-state index in [1.807, 2.05) is 30.3 Å². The number of ether oxygens (including phenoxy) is 1. The Morgan fingerprint density at radius 1 is 1.22 bits per heavy atom. The van der Waals surface area contributed by atoms with Crippen LogP contribution in [-0.4, -0.2) is 35.1 Å². The molecule has 3 rings (SSSR count). The van der Waals surface area contributed by atoms with Gasteiger partial charge < -0.3 is 4.74 Å². The summed E-state index contributed by atoms with van der Waals surface area (Å²) in [5, 5.41) is 11.2. The summed E-state index contributed by atoms with van der Waals surface area (Å²) in [6, 6.07) is 9.04. The van der Waals surface area contributed by atoms with Gasteiger partial charge in [-0.2, -0.15) is 0 Å². The van der Waals surface area contributed by atoms with Gasteiger partial charge in [0.15, 0.2) is 0 Å². The summed E-state index contributed by atoms with van der Waals surface area (Å²) in [6.45, 7) is 0.0624. The Morgan fingerprint density at radius 3 is 2.57 bits per heavy atom. The fraction of sp³-hybridized carbons (Fsp3) is 0.588. The molecule has 0 spiro atoms. The minimum atomic E-state index is -0.420. The topological polar surface area (TPSA) is 72.7 Å². The molecule has 6 nitrogen and oxygen atoms in total. The zero-order valence-electron chi connectivity index (χ0n) is 13.1. The molecule has 1 aromatic carbocycles. The minimum absolute atomic E-state index is 0.186. The molecule has 6 heteroatoms. The van der Waals surface area contributed by atoms with Crippen molar-refractivity contribution in [2.24, 2.45) is 5.92 Å². The number of nitro groups is 1. The molecule has 0 aromatic heterocycles. The van der Waals surface area contributed by atoms with Gasteiger partial charge in [-0.15, -0.1) is 0 Å². The molecule has 0 unspecified atom stereocenters. The number of rotatable bonds is 5. The lowest BCUT2D eigenvalue weighted by atomic mass is 9.82. The van der Waals surface area contributed by atoms with Gasteiger partial charge in [-0.25, -0.2) is 4.79 Å². The van der Waals surface area contributed by atoms with E-state index in [2.05, 4.69) is 0 Å². The smallest absolute Gasteiger partial charge is 0.410 e. The van der Waals surface area contributed by atoms with Gasteiger partial charge in [0.1, 0.15) is 12.6 Å². The lowest BCUT2D eigenvalue weighted by Gasteiger charge is -2.35. The van der Waals surface area contributed by atoms with Crippen molar-refractivity contribution in [3.8, 4) is 0 Å². The van der Waals surface area contributed by atoms with Crippen molar-refractivity contribution < 1.29 is 14.5 Å². The number of nitrogens with zero attached hydrogens (tertiary/aromatic N) is 2. The Balaban J connectivity index is 1.88. The largest absolute Gasteiger partial charge is 0.447 e. The molecule has 0 bridgehead atoms. The zero-order valence-corrected chi connectivity index (χ0v) is 13.1. The van der Waals surface area contributed by atoms with Crippen LogP contribution in [0.15, 0.2) is 30.3 Å². The number of amides is 1. The van der Waals surface area contributed by atoms with Gasteiger partial charge in [0.2, 0.25) is 6.54 Å². The third-order valence-corrected chi connectivity index (χ3v) is 4.98. The van der Waals surface area contributed by atoms with E-state index in [0.29, 0.717) is 0 Å². The van der Waals surface area contributed by atoms with E-state index in [4.69, 9.17) is 4.74 Å². The summed E-state index contributed by atoms with van der Waals surface area (Å²) in [5.41, 5.74) is 0.975. The molecule has 1 amide bonds. The first-order chi connectivity index (χ1) is 11.2. The van der Waals surface area contributed by atoms with E-state index in [-0.39, 0.29) is 36.1 Å². The van der Waals surface area contributed by atoms with Gasteiger partial charge in [-0.05, 0) is 24.3 Å². The molecule has 2 atom stereocenters. The highest BCUT2D eigenvalue weighted by atomic mass is 16.6. The number of benzene rings is 1. The molecule has 1 heterocycles. The lowest BCUT2D eigenvalue weighted by Crippen LogP contribution is -2.47. The SMILES string of the molecule is O=C1OC[C@@H](c2ccccc2)N1[C@H](C[N+](=O)[O-])C1CCCCC1. The third kappa shape index (κ3) is 3.46. The Labute approximate surface area is 135 Å². The highest BCUT2D eigenvalue weighted by molar-refractivity contribution is 5.71. The second kappa shape index (κ2) is 6.98. The molecule has 1 aromatic rings. The maximum atomic E-state index is 12.3. The Hall–Kier alpha value is -2.11. The second-order valence-electron chi connectivity index (χ2n) is 6.39. The molecular formula is C17H22N2O4. The lowest BCUT2D eigenvalue weighted by molar-refractivity contribution is -0.488. The van der Waals surface area contributed by atoms with Crippen molar-refractivity contribution >= 4 is 6.09 Å². The number of cyclic esters (lactones) is 1. The van der Waals surface area contributed by atoms with Crippen LogP contribution in [0.2, 0.25) is 0 Å². The molecule has 1 aliphatic heterocycles. The summed E-state index contributed by atoms with van der Waals surface area (Å²) in [7, 11) is 0. The Bertz CT molecular complexity index is 557. The van der Waals surface area contributed by atoms with Crippen LogP contribution >= 0.6 is 0 Å². The van der Waals surface area contributed by atoms with E-state index in [1.54, 1.807) is 4.90 Å². The second-order valence-corrected chi connectivity index (χ2v) is 6.39. The van der Waals surface area contributed by atoms with Crippen LogP contribution < -0.4 is 0 Å². The molecule has 1 saturated carbocycles. The first-order valence-electron chi connectivity index (χ1n) is 8.28. The number of hydrogen-bond donors (Lipinski definition) is 0. The van der Waals surface area contributed by atoms with E-state index in [1.165, 1.54) is 6.42 Å². The van der Waals surface area contributed by atoms with Crippen molar-refractivity contribution in [2.75, 3.05) is 13.2 Å². The molecular weight excluding hydrogens is 296 g/mol. The highest BCUT2D eigenvalue weighted by Gasteiger charge is 2.44. The van der Waals surface area contributed by atoms with Crippen molar-refractivity contribution in [3.63, 3.8) is 0 Å². The number of carbonyl (C=O) groups is 1. The summed E-state index contributed by atoms with van der Waals surface area (Å²) < 4.78 is 5.25. The van der Waals surface area contributed by atoms with Crippen LogP contribution in [0, 0.1) is 16.0 Å². The molecule has 124 valence electrons. The predicted molar refractivity (Wildman–Crippen MR) is 84.6 cm³/mol. The van der Waals surface area contributed by atoms with E-state index >= 15 is 0 Å². The van der Waals surface area contributed by atoms with Crippen molar-refractivity contribution in [1.82, 2.24) is 4.90 Å². The summed E-state index contributed by atoms with van der Waals surface area (Å²) in [6.07, 6.45) is 4.81. The van der Waals surface area contributed by atoms with Crippen LogP contribution in [0.3, 0.4) is 0 Å². The molecule has 2 fully saturated rings. The Kier molecular flexibility index (Phi) is 4.79. The molecule has 2 aliphatic rings. The normalized spacial score (nSPS) is 23.6. The summed E-state index contributed by atoms with van der Waals surface area (Å²) >= 11 is 0. The van der Waals surface area contributed by atoms with E-state index in [9.17, 15) is 14.9 Å². The van der Waals surface area contributed by atoms with Crippen LogP contribution in [-0.2, 0) is 4.74 Å². The van der Waals surface area contributed by atoms with Gasteiger partial charge in [0.25, 0.3) is 0 Å². The fourth-order valence-electron chi connectivity index (χ4n) is 3.87. The molecule has 0 radical (unpaired) electrons. The van der Waals surface area contributed by atoms with Crippen LogP contribution in [0.1, 0.15) is 43.7 Å². The summed E-state index contributed by atoms with van der Waals surface area (Å²) in [5.74, 6) is 0.186. The minimum Gasteiger partial charge on any atom is -0.447 e. The van der Waals surface area contributed by atoms with Crippen LogP contribution in [0.25, 0.3) is 0 Å². The average molecular weight is 318 g/mol. The van der Waals surface area contributed by atoms with Crippen molar-refractivity contribution in [3.05, 3.63) is 46.0 Å². The van der Waals surface area contributed by atoms with E-state index < -0.39 is 6.09 Å². The maximum absolute atomic E-state index is 12.3. The molecule has 1 aliphatic carbocycles. The van der Waals surface area contributed by atoms with Gasteiger partial charge in [-0.3, -0.25) is 15.0 Å². The van der Waals surface area contributed by atoms with Crippen LogP contribution in [0.5, 0.6) is 0 Å². The monoisotopic (exact) mass is 318 g/mol. The molecule has 23 heavy (non-hydrogen) atoms. The van der Waals surface area contributed by atoms with Gasteiger partial charge >= 0.3 is 6.09 Å². The van der Waals surface area contributed by atoms with Gasteiger partial charge in [0, 0.05) is 4.92 Å². The zero-order chi connectivity index (χ0) is 16.2. The third-order valence-electron chi connectivity index (χ3n) is 4.98. The fourth-order valence-corrected chi connectivity index (χ4v) is 3.87. The van der Waals surface area contributed by atoms with Crippen LogP contribution in [0.4, 0.5) is 4.79 Å². The van der Waals surface area contributed by atoms with Gasteiger partial charge in [0.05, 0.1) is 6.04 Å². The summed E-state index contributed by atoms with van der Waals surface area (Å²) in [4.78, 5) is 24.8. The number of hydrogen-bond acceptors (Lipinski definition) is 4. The standard InChI is InChI=1S/C17H22N2O4/c20-17-19(16(12-23-17)14-9-5-2-6-10-14)15(11-18(21)22)13-7-3-1-4-8-13/h2,5-6,9-10,13,15-16H,1,3-4,7-8,11-12H2/t15-,16+/m1/s1. The quantitative estimate of drug-likeness (QED) is 0.616. The predicted octanol–water partition coefficient (Wildman–Crippen LogP) is 3.41. The van der Waals surface area contributed by atoms with E-state index in [0.717, 1.165) is 31.2 Å². The van der Waals surface area contributed by atoms with Crippen molar-refractivity contribution in [1.29, 1.82) is 0 Å². The maximum Gasteiger partial charge on any atom is 0.410 e. The average Bonchev–Trinajstić information content (AvgIpc) is 2.95. The first kappa shape index (κ1) is 15.8. The van der Waals surface area contributed by atoms with Crippen molar-refractivity contribution in [2.45, 2.75) is 44.2 Å². The number of carbonyl (C=O) groups excluding carboxylic acids is 1. The first-order valence-corrected chi connectivity index (χ1v) is 8.28. The molecule has 1 saturated heterocycles. The Morgan fingerprint density at radius 2 is 1.91 bits per heavy atom. The highest BCUT2D eigenvalue weighted by Crippen LogP contribution is 2.36. The van der Waals surface area contributed by atoms with Gasteiger partial charge in [-0.1, -0.05) is 49.6 Å². The molecule has 0 N–H and O–H groups in total.